The lowest BCUT2D eigenvalue weighted by atomic mass is 10.1. The van der Waals surface area contributed by atoms with Crippen molar-refractivity contribution < 1.29 is 14.7 Å². The molecule has 1 aromatic carbocycles. The summed E-state index contributed by atoms with van der Waals surface area (Å²) in [7, 11) is 0. The van der Waals surface area contributed by atoms with E-state index in [9.17, 15) is 14.7 Å². The minimum atomic E-state index is -1.06. The molecule has 0 fully saturated rings. The van der Waals surface area contributed by atoms with Crippen LogP contribution in [0.1, 0.15) is 32.5 Å². The van der Waals surface area contributed by atoms with E-state index in [1.807, 2.05) is 0 Å². The minimum absolute atomic E-state index is 0.142. The first-order valence-corrected chi connectivity index (χ1v) is 7.70. The van der Waals surface area contributed by atoms with Crippen LogP contribution in [0.3, 0.4) is 0 Å². The number of nitrogens with one attached hydrogen (secondary N) is 1. The molecule has 0 saturated carbocycles. The predicted octanol–water partition coefficient (Wildman–Crippen LogP) is 2.55. The highest BCUT2D eigenvalue weighted by Gasteiger charge is 2.36. The van der Waals surface area contributed by atoms with Gasteiger partial charge in [0.15, 0.2) is 0 Å². The van der Waals surface area contributed by atoms with Gasteiger partial charge >= 0.3 is 0 Å². The number of carbonyl (C=O) groups is 2. The van der Waals surface area contributed by atoms with E-state index in [0.717, 1.165) is 4.90 Å². The van der Waals surface area contributed by atoms with Crippen LogP contribution in [0.5, 0.6) is 0 Å². The number of β-amino-alcohol motifs (C(OH)–C–C–N with tert-alkyl or cyclic N) is 1. The Morgan fingerprint density at radius 3 is 2.46 bits per heavy atom. The van der Waals surface area contributed by atoms with E-state index in [0.29, 0.717) is 32.9 Å². The number of nitrogens with zero attached hydrogens (tertiary/aromatic N) is 2. The summed E-state index contributed by atoms with van der Waals surface area (Å²) >= 11 is 6.09. The number of pyridine rings is 1. The number of carbonyl (C=O) groups excluding carboxylic acids is 2. The SMILES string of the molecule is O=C1c2ccccc2C(=O)N1CC(O)c1cc2c(Cl)ccnc2[nH]1. The van der Waals surface area contributed by atoms with E-state index in [2.05, 4.69) is 9.97 Å². The number of aliphatic hydroxyl groups excluding tert-OH is 1. The van der Waals surface area contributed by atoms with Crippen molar-refractivity contribution in [3.05, 3.63) is 64.4 Å². The Hall–Kier alpha value is -2.70. The maximum absolute atomic E-state index is 12.4. The largest absolute Gasteiger partial charge is 0.385 e. The first kappa shape index (κ1) is 14.9. The average molecular weight is 342 g/mol. The molecule has 1 unspecified atom stereocenters. The third-order valence-corrected chi connectivity index (χ3v) is 4.42. The van der Waals surface area contributed by atoms with Crippen LogP contribution < -0.4 is 0 Å². The van der Waals surface area contributed by atoms with Crippen LogP contribution in [0.25, 0.3) is 11.0 Å². The fraction of sp³-hybridized carbons (Fsp3) is 0.118. The van der Waals surface area contributed by atoms with Crippen LogP contribution in [-0.2, 0) is 0 Å². The number of H-pyrrole nitrogens is 1. The van der Waals surface area contributed by atoms with Crippen LogP contribution >= 0.6 is 11.6 Å². The molecule has 24 heavy (non-hydrogen) atoms. The van der Waals surface area contributed by atoms with Gasteiger partial charge in [-0.25, -0.2) is 4.98 Å². The molecule has 3 heterocycles. The van der Waals surface area contributed by atoms with Crippen LogP contribution in [0.15, 0.2) is 42.6 Å². The van der Waals surface area contributed by atoms with Crippen molar-refractivity contribution in [1.29, 1.82) is 0 Å². The Bertz CT molecular complexity index is 947. The molecule has 2 amide bonds. The van der Waals surface area contributed by atoms with Gasteiger partial charge in [0.1, 0.15) is 11.8 Å². The normalized spacial score (nSPS) is 15.2. The van der Waals surface area contributed by atoms with E-state index in [-0.39, 0.29) is 6.54 Å². The van der Waals surface area contributed by atoms with E-state index in [4.69, 9.17) is 11.6 Å². The van der Waals surface area contributed by atoms with Gasteiger partial charge in [0.25, 0.3) is 11.8 Å². The Morgan fingerprint density at radius 2 is 1.83 bits per heavy atom. The van der Waals surface area contributed by atoms with Crippen LogP contribution in [0.4, 0.5) is 0 Å². The van der Waals surface area contributed by atoms with Crippen molar-refractivity contribution in [2.45, 2.75) is 6.10 Å². The number of aromatic amines is 1. The summed E-state index contributed by atoms with van der Waals surface area (Å²) in [4.78, 5) is 32.9. The molecule has 1 aliphatic heterocycles. The highest BCUT2D eigenvalue weighted by molar-refractivity contribution is 6.35. The molecular weight excluding hydrogens is 330 g/mol. The number of hydrogen-bond donors (Lipinski definition) is 2. The summed E-state index contributed by atoms with van der Waals surface area (Å²) in [6.07, 6.45) is 0.499. The highest BCUT2D eigenvalue weighted by atomic mass is 35.5. The Balaban J connectivity index is 1.62. The van der Waals surface area contributed by atoms with Gasteiger partial charge in [0.05, 0.1) is 22.7 Å². The molecule has 0 radical (unpaired) electrons. The molecule has 6 nitrogen and oxygen atoms in total. The van der Waals surface area contributed by atoms with E-state index < -0.39 is 17.9 Å². The van der Waals surface area contributed by atoms with E-state index in [1.54, 1.807) is 42.6 Å². The second-order valence-corrected chi connectivity index (χ2v) is 5.97. The molecule has 0 saturated heterocycles. The Labute approximate surface area is 141 Å². The van der Waals surface area contributed by atoms with Gasteiger partial charge in [0, 0.05) is 17.3 Å². The first-order chi connectivity index (χ1) is 11.6. The monoisotopic (exact) mass is 341 g/mol. The third kappa shape index (κ3) is 2.19. The number of aliphatic hydroxyl groups is 1. The maximum atomic E-state index is 12.4. The lowest BCUT2D eigenvalue weighted by Crippen LogP contribution is -2.33. The second kappa shape index (κ2) is 5.43. The molecule has 7 heteroatoms. The van der Waals surface area contributed by atoms with E-state index in [1.165, 1.54) is 0 Å². The molecule has 1 aliphatic rings. The van der Waals surface area contributed by atoms with Crippen molar-refractivity contribution in [3.63, 3.8) is 0 Å². The number of halogens is 1. The molecule has 120 valence electrons. The molecule has 1 atom stereocenters. The second-order valence-electron chi connectivity index (χ2n) is 5.56. The molecular formula is C17H12ClN3O3. The van der Waals surface area contributed by atoms with E-state index >= 15 is 0 Å². The van der Waals surface area contributed by atoms with Gasteiger partial charge in [-0.1, -0.05) is 23.7 Å². The number of hydrogen-bond acceptors (Lipinski definition) is 4. The molecule has 2 N–H and O–H groups in total. The fourth-order valence-electron chi connectivity index (χ4n) is 2.87. The standard InChI is InChI=1S/C17H12ClN3O3/c18-12-5-6-19-15-11(12)7-13(20-15)14(22)8-21-16(23)9-3-1-2-4-10(9)17(21)24/h1-7,14,22H,8H2,(H,19,20). The Kier molecular flexibility index (Phi) is 3.37. The lowest BCUT2D eigenvalue weighted by molar-refractivity contribution is 0.0539. The van der Waals surface area contributed by atoms with Gasteiger partial charge in [-0.3, -0.25) is 14.5 Å². The summed E-state index contributed by atoms with van der Waals surface area (Å²) in [5.41, 5.74) is 1.70. The van der Waals surface area contributed by atoms with Gasteiger partial charge in [-0.05, 0) is 24.3 Å². The van der Waals surface area contributed by atoms with Crippen molar-refractivity contribution in [2.24, 2.45) is 0 Å². The summed E-state index contributed by atoms with van der Waals surface area (Å²) in [6, 6.07) is 9.94. The summed E-state index contributed by atoms with van der Waals surface area (Å²) in [5.74, 6) is -0.802. The number of imide groups is 1. The smallest absolute Gasteiger partial charge is 0.261 e. The topological polar surface area (TPSA) is 86.3 Å². The van der Waals surface area contributed by atoms with Gasteiger partial charge in [-0.2, -0.15) is 0 Å². The van der Waals surface area contributed by atoms with Crippen molar-refractivity contribution in [2.75, 3.05) is 6.54 Å². The Morgan fingerprint density at radius 1 is 1.17 bits per heavy atom. The first-order valence-electron chi connectivity index (χ1n) is 7.32. The van der Waals surface area contributed by atoms with Crippen molar-refractivity contribution in [3.8, 4) is 0 Å². The van der Waals surface area contributed by atoms with Gasteiger partial charge in [-0.15, -0.1) is 0 Å². The maximum Gasteiger partial charge on any atom is 0.261 e. The third-order valence-electron chi connectivity index (χ3n) is 4.09. The van der Waals surface area contributed by atoms with Gasteiger partial charge in [0.2, 0.25) is 0 Å². The molecule has 2 aromatic heterocycles. The lowest BCUT2D eigenvalue weighted by Gasteiger charge is -2.17. The zero-order valence-corrected chi connectivity index (χ0v) is 13.1. The molecule has 4 rings (SSSR count). The molecule has 0 aliphatic carbocycles. The zero-order chi connectivity index (χ0) is 16.8. The number of benzene rings is 1. The average Bonchev–Trinajstić information content (AvgIpc) is 3.12. The summed E-state index contributed by atoms with van der Waals surface area (Å²) in [6.45, 7) is -0.142. The quantitative estimate of drug-likeness (QED) is 0.717. The highest BCUT2D eigenvalue weighted by Crippen LogP contribution is 2.28. The van der Waals surface area contributed by atoms with Crippen molar-refractivity contribution >= 4 is 34.4 Å². The zero-order valence-electron chi connectivity index (χ0n) is 12.4. The molecule has 0 bridgehead atoms. The minimum Gasteiger partial charge on any atom is -0.385 e. The van der Waals surface area contributed by atoms with Crippen LogP contribution in [0.2, 0.25) is 5.02 Å². The molecule has 0 spiro atoms. The summed E-state index contributed by atoms with van der Waals surface area (Å²) < 4.78 is 0. The number of amides is 2. The summed E-state index contributed by atoms with van der Waals surface area (Å²) in [5, 5.41) is 11.6. The van der Waals surface area contributed by atoms with Crippen molar-refractivity contribution in [1.82, 2.24) is 14.9 Å². The molecule has 3 aromatic rings. The van der Waals surface area contributed by atoms with Crippen LogP contribution in [-0.4, -0.2) is 38.3 Å². The fourth-order valence-corrected chi connectivity index (χ4v) is 3.07. The van der Waals surface area contributed by atoms with Crippen LogP contribution in [0, 0.1) is 0 Å². The predicted molar refractivity (Wildman–Crippen MR) is 87.9 cm³/mol. The number of fused-ring (bicyclic) bond motifs is 2. The number of aromatic nitrogens is 2. The van der Waals surface area contributed by atoms with Gasteiger partial charge < -0.3 is 10.1 Å². The number of rotatable bonds is 3.